The molecule has 22 heavy (non-hydrogen) atoms. The number of amides is 1. The molecule has 0 aromatic heterocycles. The third-order valence-corrected chi connectivity index (χ3v) is 4.15. The van der Waals surface area contributed by atoms with Gasteiger partial charge in [0.2, 0.25) is 5.91 Å². The lowest BCUT2D eigenvalue weighted by molar-refractivity contribution is -0.118. The maximum Gasteiger partial charge on any atom is 0.218 e. The minimum absolute atomic E-state index is 0.229. The second-order valence-corrected chi connectivity index (χ2v) is 5.96. The third-order valence-electron chi connectivity index (χ3n) is 4.15. The Morgan fingerprint density at radius 1 is 1.14 bits per heavy atom. The number of primary amides is 1. The normalized spacial score (nSPS) is 15.3. The number of hydrogen-bond acceptors (Lipinski definition) is 2. The van der Waals surface area contributed by atoms with Crippen LogP contribution in [0, 0.1) is 5.92 Å². The Hall–Kier alpha value is -2.29. The molecule has 1 fully saturated rings. The summed E-state index contributed by atoms with van der Waals surface area (Å²) in [4.78, 5) is 11.3. The highest BCUT2D eigenvalue weighted by Gasteiger charge is 2.33. The largest absolute Gasteiger partial charge is 0.489 e. The molecule has 0 aliphatic heterocycles. The second kappa shape index (κ2) is 6.65. The average Bonchev–Trinajstić information content (AvgIpc) is 3.36. The Labute approximate surface area is 131 Å². The van der Waals surface area contributed by atoms with Crippen LogP contribution in [0.2, 0.25) is 0 Å². The molecule has 1 amide bonds. The quantitative estimate of drug-likeness (QED) is 0.848. The van der Waals surface area contributed by atoms with Crippen molar-refractivity contribution in [2.45, 2.75) is 31.8 Å². The molecule has 2 aromatic carbocycles. The van der Waals surface area contributed by atoms with E-state index >= 15 is 0 Å². The number of rotatable bonds is 7. The number of carbonyl (C=O) groups excluding carboxylic acids is 1. The van der Waals surface area contributed by atoms with Crippen LogP contribution in [0.3, 0.4) is 0 Å². The lowest BCUT2D eigenvalue weighted by atomic mass is 9.90. The van der Waals surface area contributed by atoms with Gasteiger partial charge < -0.3 is 10.5 Å². The molecular formula is C19H21NO2. The van der Waals surface area contributed by atoms with E-state index in [0.29, 0.717) is 18.9 Å². The summed E-state index contributed by atoms with van der Waals surface area (Å²) in [6, 6.07) is 18.2. The summed E-state index contributed by atoms with van der Waals surface area (Å²) < 4.78 is 5.87. The van der Waals surface area contributed by atoms with Crippen molar-refractivity contribution in [3.8, 4) is 5.75 Å². The number of ether oxygens (including phenoxy) is 1. The van der Waals surface area contributed by atoms with Gasteiger partial charge in [0.25, 0.3) is 0 Å². The van der Waals surface area contributed by atoms with E-state index in [2.05, 4.69) is 12.1 Å². The highest BCUT2D eigenvalue weighted by atomic mass is 16.5. The Balaban J connectivity index is 1.70. The van der Waals surface area contributed by atoms with Crippen LogP contribution in [0.15, 0.2) is 54.6 Å². The lowest BCUT2D eigenvalue weighted by Crippen LogP contribution is -2.16. The first-order chi connectivity index (χ1) is 10.7. The lowest BCUT2D eigenvalue weighted by Gasteiger charge is -2.16. The zero-order valence-electron chi connectivity index (χ0n) is 12.6. The SMILES string of the molecule is NC(=O)CC(c1cccc(OCc2ccccc2)c1)C1CC1. The van der Waals surface area contributed by atoms with E-state index in [9.17, 15) is 4.79 Å². The van der Waals surface area contributed by atoms with E-state index < -0.39 is 0 Å². The zero-order chi connectivity index (χ0) is 15.4. The van der Waals surface area contributed by atoms with Gasteiger partial charge in [-0.1, -0.05) is 42.5 Å². The smallest absolute Gasteiger partial charge is 0.218 e. The maximum atomic E-state index is 11.3. The van der Waals surface area contributed by atoms with Gasteiger partial charge in [0.05, 0.1) is 0 Å². The van der Waals surface area contributed by atoms with Gasteiger partial charge in [0.1, 0.15) is 12.4 Å². The Morgan fingerprint density at radius 2 is 1.91 bits per heavy atom. The summed E-state index contributed by atoms with van der Waals surface area (Å²) in [6.07, 6.45) is 2.80. The van der Waals surface area contributed by atoms with Crippen LogP contribution in [0.4, 0.5) is 0 Å². The van der Waals surface area contributed by atoms with E-state index in [0.717, 1.165) is 16.9 Å². The summed E-state index contributed by atoms with van der Waals surface area (Å²) in [5.74, 6) is 1.44. The number of carbonyl (C=O) groups is 1. The molecule has 0 spiro atoms. The molecule has 1 atom stereocenters. The summed E-state index contributed by atoms with van der Waals surface area (Å²) in [5.41, 5.74) is 7.70. The van der Waals surface area contributed by atoms with Gasteiger partial charge in [-0.15, -0.1) is 0 Å². The molecule has 0 saturated heterocycles. The van der Waals surface area contributed by atoms with Gasteiger partial charge in [-0.25, -0.2) is 0 Å². The van der Waals surface area contributed by atoms with E-state index in [1.807, 2.05) is 42.5 Å². The van der Waals surface area contributed by atoms with Crippen LogP contribution < -0.4 is 10.5 Å². The summed E-state index contributed by atoms with van der Waals surface area (Å²) in [7, 11) is 0. The van der Waals surface area contributed by atoms with Crippen molar-refractivity contribution in [1.82, 2.24) is 0 Å². The topological polar surface area (TPSA) is 52.3 Å². The first kappa shape index (κ1) is 14.6. The van der Waals surface area contributed by atoms with Crippen LogP contribution in [0.25, 0.3) is 0 Å². The van der Waals surface area contributed by atoms with Crippen molar-refractivity contribution in [3.63, 3.8) is 0 Å². The molecule has 1 saturated carbocycles. The fourth-order valence-electron chi connectivity index (χ4n) is 2.85. The van der Waals surface area contributed by atoms with Gasteiger partial charge >= 0.3 is 0 Å². The Bertz CT molecular complexity index is 635. The first-order valence-corrected chi connectivity index (χ1v) is 7.77. The molecule has 3 rings (SSSR count). The van der Waals surface area contributed by atoms with Gasteiger partial charge in [0, 0.05) is 6.42 Å². The molecular weight excluding hydrogens is 274 g/mol. The van der Waals surface area contributed by atoms with Gasteiger partial charge in [-0.3, -0.25) is 4.79 Å². The van der Waals surface area contributed by atoms with Crippen LogP contribution in [-0.4, -0.2) is 5.91 Å². The van der Waals surface area contributed by atoms with Crippen LogP contribution >= 0.6 is 0 Å². The van der Waals surface area contributed by atoms with Crippen LogP contribution in [-0.2, 0) is 11.4 Å². The molecule has 0 bridgehead atoms. The molecule has 114 valence electrons. The van der Waals surface area contributed by atoms with Crippen LogP contribution in [0.1, 0.15) is 36.3 Å². The minimum Gasteiger partial charge on any atom is -0.489 e. The van der Waals surface area contributed by atoms with E-state index in [-0.39, 0.29) is 11.8 Å². The summed E-state index contributed by atoms with van der Waals surface area (Å²) >= 11 is 0. The standard InChI is InChI=1S/C19H21NO2/c20-19(21)12-18(15-9-10-15)16-7-4-8-17(11-16)22-13-14-5-2-1-3-6-14/h1-8,11,15,18H,9-10,12-13H2,(H2,20,21). The van der Waals surface area contributed by atoms with Gasteiger partial charge in [-0.2, -0.15) is 0 Å². The van der Waals surface area contributed by atoms with Gasteiger partial charge in [0.15, 0.2) is 0 Å². The maximum absolute atomic E-state index is 11.3. The van der Waals surface area contributed by atoms with Crippen molar-refractivity contribution in [1.29, 1.82) is 0 Å². The molecule has 3 nitrogen and oxygen atoms in total. The predicted octanol–water partition coefficient (Wildman–Crippen LogP) is 3.63. The predicted molar refractivity (Wildman–Crippen MR) is 86.5 cm³/mol. The zero-order valence-corrected chi connectivity index (χ0v) is 12.6. The van der Waals surface area contributed by atoms with Crippen molar-refractivity contribution < 1.29 is 9.53 Å². The summed E-state index contributed by atoms with van der Waals surface area (Å²) in [6.45, 7) is 0.550. The number of benzene rings is 2. The van der Waals surface area contributed by atoms with E-state index in [1.54, 1.807) is 0 Å². The summed E-state index contributed by atoms with van der Waals surface area (Å²) in [5, 5.41) is 0. The highest BCUT2D eigenvalue weighted by molar-refractivity contribution is 5.75. The van der Waals surface area contributed by atoms with E-state index in [4.69, 9.17) is 10.5 Å². The van der Waals surface area contributed by atoms with Crippen molar-refractivity contribution >= 4 is 5.91 Å². The van der Waals surface area contributed by atoms with Crippen LogP contribution in [0.5, 0.6) is 5.75 Å². The molecule has 1 aliphatic rings. The molecule has 1 aliphatic carbocycles. The number of hydrogen-bond donors (Lipinski definition) is 1. The Kier molecular flexibility index (Phi) is 4.42. The fourth-order valence-corrected chi connectivity index (χ4v) is 2.85. The Morgan fingerprint density at radius 3 is 2.59 bits per heavy atom. The molecule has 2 aromatic rings. The van der Waals surface area contributed by atoms with Crippen molar-refractivity contribution in [3.05, 3.63) is 65.7 Å². The molecule has 0 heterocycles. The molecule has 1 unspecified atom stereocenters. The molecule has 0 radical (unpaired) electrons. The fraction of sp³-hybridized carbons (Fsp3) is 0.316. The molecule has 3 heteroatoms. The van der Waals surface area contributed by atoms with Gasteiger partial charge in [-0.05, 0) is 47.9 Å². The van der Waals surface area contributed by atoms with Crippen molar-refractivity contribution in [2.75, 3.05) is 0 Å². The van der Waals surface area contributed by atoms with E-state index in [1.165, 1.54) is 12.8 Å². The first-order valence-electron chi connectivity index (χ1n) is 7.77. The monoisotopic (exact) mass is 295 g/mol. The second-order valence-electron chi connectivity index (χ2n) is 5.96. The average molecular weight is 295 g/mol. The highest BCUT2D eigenvalue weighted by Crippen LogP contribution is 2.44. The molecule has 2 N–H and O–H groups in total. The minimum atomic E-state index is -0.229. The third kappa shape index (κ3) is 3.88. The van der Waals surface area contributed by atoms with Crippen molar-refractivity contribution in [2.24, 2.45) is 11.7 Å². The number of nitrogens with two attached hydrogens (primary N) is 1.